The molecule has 15 heavy (non-hydrogen) atoms. The van der Waals surface area contributed by atoms with Crippen molar-refractivity contribution in [1.82, 2.24) is 9.36 Å². The van der Waals surface area contributed by atoms with E-state index in [1.165, 1.54) is 30.8 Å². The van der Waals surface area contributed by atoms with E-state index in [1.54, 1.807) is 0 Å². The molecule has 2 rings (SSSR count). The first-order chi connectivity index (χ1) is 7.13. The summed E-state index contributed by atoms with van der Waals surface area (Å²) in [6.45, 7) is 4.64. The first kappa shape index (κ1) is 10.7. The van der Waals surface area contributed by atoms with E-state index in [2.05, 4.69) is 28.5 Å². The zero-order chi connectivity index (χ0) is 10.8. The van der Waals surface area contributed by atoms with Crippen LogP contribution < -0.4 is 11.1 Å². The Bertz CT molecular complexity index is 315. The molecule has 2 unspecified atom stereocenters. The van der Waals surface area contributed by atoms with Crippen LogP contribution in [0, 0.1) is 11.8 Å². The molecule has 84 valence electrons. The van der Waals surface area contributed by atoms with E-state index in [0.29, 0.717) is 12.0 Å². The van der Waals surface area contributed by atoms with E-state index in [9.17, 15) is 0 Å². The summed E-state index contributed by atoms with van der Waals surface area (Å²) in [6, 6.07) is 0.538. The molecule has 0 radical (unpaired) electrons. The average Bonchev–Trinajstić information content (AvgIpc) is 2.49. The van der Waals surface area contributed by atoms with Gasteiger partial charge in [-0.1, -0.05) is 13.8 Å². The average molecular weight is 226 g/mol. The minimum Gasteiger partial charge on any atom is -0.367 e. The van der Waals surface area contributed by atoms with Crippen LogP contribution in [0.3, 0.4) is 0 Å². The Morgan fingerprint density at radius 3 is 2.47 bits per heavy atom. The van der Waals surface area contributed by atoms with Crippen molar-refractivity contribution in [3.63, 3.8) is 0 Å². The molecule has 0 aliphatic heterocycles. The molecule has 1 aliphatic carbocycles. The molecule has 1 saturated carbocycles. The minimum atomic E-state index is 0.374. The van der Waals surface area contributed by atoms with Gasteiger partial charge in [0, 0.05) is 17.6 Å². The van der Waals surface area contributed by atoms with E-state index in [-0.39, 0.29) is 0 Å². The highest BCUT2D eigenvalue weighted by Crippen LogP contribution is 2.30. The molecular weight excluding hydrogens is 208 g/mol. The fourth-order valence-corrected chi connectivity index (χ4v) is 3.11. The maximum atomic E-state index is 5.49. The fourth-order valence-electron chi connectivity index (χ4n) is 2.53. The molecule has 1 aromatic rings. The molecule has 3 N–H and O–H groups in total. The summed E-state index contributed by atoms with van der Waals surface area (Å²) in [7, 11) is 0. The molecule has 0 amide bonds. The number of nitrogen functional groups attached to an aromatic ring is 1. The van der Waals surface area contributed by atoms with Gasteiger partial charge in [-0.05, 0) is 31.1 Å². The Balaban J connectivity index is 1.94. The van der Waals surface area contributed by atoms with E-state index >= 15 is 0 Å². The SMILES string of the molecule is CC1CC(C)CC(Nc2nc(N)ns2)C1. The van der Waals surface area contributed by atoms with E-state index < -0.39 is 0 Å². The normalized spacial score (nSPS) is 31.5. The van der Waals surface area contributed by atoms with Gasteiger partial charge < -0.3 is 11.1 Å². The van der Waals surface area contributed by atoms with Crippen LogP contribution in [0.25, 0.3) is 0 Å². The quantitative estimate of drug-likeness (QED) is 0.812. The maximum Gasteiger partial charge on any atom is 0.233 e. The molecule has 1 aliphatic rings. The predicted octanol–water partition coefficient (Wildman–Crippen LogP) is 2.36. The number of rotatable bonds is 2. The van der Waals surface area contributed by atoms with Crippen molar-refractivity contribution in [2.24, 2.45) is 11.8 Å². The highest BCUT2D eigenvalue weighted by molar-refractivity contribution is 7.09. The summed E-state index contributed by atoms with van der Waals surface area (Å²) in [6.07, 6.45) is 3.80. The van der Waals surface area contributed by atoms with Crippen LogP contribution in [-0.4, -0.2) is 15.4 Å². The number of hydrogen-bond donors (Lipinski definition) is 2. The van der Waals surface area contributed by atoms with Crippen LogP contribution in [0.15, 0.2) is 0 Å². The van der Waals surface area contributed by atoms with Gasteiger partial charge in [-0.2, -0.15) is 9.36 Å². The summed E-state index contributed by atoms with van der Waals surface area (Å²) in [5.74, 6) is 1.98. The third-order valence-electron chi connectivity index (χ3n) is 2.95. The van der Waals surface area contributed by atoms with Crippen molar-refractivity contribution < 1.29 is 0 Å². The van der Waals surface area contributed by atoms with Crippen LogP contribution in [0.1, 0.15) is 33.1 Å². The number of nitrogens with zero attached hydrogens (tertiary/aromatic N) is 2. The molecule has 2 atom stereocenters. The smallest absolute Gasteiger partial charge is 0.233 e. The Kier molecular flexibility index (Phi) is 3.09. The van der Waals surface area contributed by atoms with E-state index in [1.807, 2.05) is 0 Å². The largest absolute Gasteiger partial charge is 0.367 e. The maximum absolute atomic E-state index is 5.49. The molecule has 0 spiro atoms. The van der Waals surface area contributed by atoms with Crippen molar-refractivity contribution in [3.05, 3.63) is 0 Å². The summed E-state index contributed by atoms with van der Waals surface area (Å²) in [4.78, 5) is 4.13. The van der Waals surface area contributed by atoms with Gasteiger partial charge in [0.25, 0.3) is 0 Å². The monoisotopic (exact) mass is 226 g/mol. The highest BCUT2D eigenvalue weighted by Gasteiger charge is 2.24. The number of anilines is 2. The van der Waals surface area contributed by atoms with Gasteiger partial charge in [-0.25, -0.2) is 0 Å². The van der Waals surface area contributed by atoms with Crippen LogP contribution >= 0.6 is 11.5 Å². The molecular formula is C10H18N4S. The molecule has 1 fully saturated rings. The van der Waals surface area contributed by atoms with Gasteiger partial charge in [-0.15, -0.1) is 0 Å². The van der Waals surface area contributed by atoms with Crippen molar-refractivity contribution in [2.45, 2.75) is 39.2 Å². The Morgan fingerprint density at radius 1 is 1.27 bits per heavy atom. The van der Waals surface area contributed by atoms with Crippen LogP contribution in [0.5, 0.6) is 0 Å². The lowest BCUT2D eigenvalue weighted by molar-refractivity contribution is 0.281. The van der Waals surface area contributed by atoms with Gasteiger partial charge in [0.05, 0.1) is 0 Å². The van der Waals surface area contributed by atoms with Gasteiger partial charge in [0.1, 0.15) is 0 Å². The zero-order valence-electron chi connectivity index (χ0n) is 9.23. The number of hydrogen-bond acceptors (Lipinski definition) is 5. The molecule has 5 heteroatoms. The van der Waals surface area contributed by atoms with Gasteiger partial charge in [-0.3, -0.25) is 0 Å². The molecule has 4 nitrogen and oxygen atoms in total. The fraction of sp³-hybridized carbons (Fsp3) is 0.800. The third kappa shape index (κ3) is 2.81. The minimum absolute atomic E-state index is 0.374. The van der Waals surface area contributed by atoms with Crippen LogP contribution in [-0.2, 0) is 0 Å². The molecule has 0 bridgehead atoms. The van der Waals surface area contributed by atoms with E-state index in [0.717, 1.165) is 17.0 Å². The zero-order valence-corrected chi connectivity index (χ0v) is 10.0. The Labute approximate surface area is 94.5 Å². The highest BCUT2D eigenvalue weighted by atomic mass is 32.1. The number of aromatic nitrogens is 2. The van der Waals surface area contributed by atoms with Crippen LogP contribution in [0.4, 0.5) is 11.1 Å². The van der Waals surface area contributed by atoms with Crippen molar-refractivity contribution >= 4 is 22.6 Å². The Hall–Kier alpha value is -0.840. The second kappa shape index (κ2) is 4.35. The first-order valence-electron chi connectivity index (χ1n) is 5.49. The summed E-state index contributed by atoms with van der Waals surface area (Å²) in [5, 5.41) is 4.29. The van der Waals surface area contributed by atoms with Crippen molar-refractivity contribution in [1.29, 1.82) is 0 Å². The molecule has 0 saturated heterocycles. The summed E-state index contributed by atoms with van der Waals surface area (Å²) >= 11 is 1.35. The lowest BCUT2D eigenvalue weighted by Crippen LogP contribution is -2.30. The topological polar surface area (TPSA) is 63.8 Å². The number of nitrogens with one attached hydrogen (secondary N) is 1. The predicted molar refractivity (Wildman–Crippen MR) is 63.9 cm³/mol. The van der Waals surface area contributed by atoms with Gasteiger partial charge in [0.15, 0.2) is 0 Å². The first-order valence-corrected chi connectivity index (χ1v) is 6.26. The molecule has 1 heterocycles. The van der Waals surface area contributed by atoms with Gasteiger partial charge >= 0.3 is 0 Å². The summed E-state index contributed by atoms with van der Waals surface area (Å²) < 4.78 is 3.97. The second-order valence-electron chi connectivity index (χ2n) is 4.72. The second-order valence-corrected chi connectivity index (χ2v) is 5.47. The van der Waals surface area contributed by atoms with Crippen LogP contribution in [0.2, 0.25) is 0 Å². The lowest BCUT2D eigenvalue weighted by atomic mass is 9.80. The number of nitrogens with two attached hydrogens (primary N) is 1. The lowest BCUT2D eigenvalue weighted by Gasteiger charge is -2.31. The Morgan fingerprint density at radius 2 is 1.93 bits per heavy atom. The summed E-state index contributed by atoms with van der Waals surface area (Å²) in [5.41, 5.74) is 5.49. The third-order valence-corrected chi connectivity index (χ3v) is 3.61. The van der Waals surface area contributed by atoms with E-state index in [4.69, 9.17) is 5.73 Å². The van der Waals surface area contributed by atoms with Gasteiger partial charge in [0.2, 0.25) is 11.1 Å². The molecule has 0 aromatic carbocycles. The standard InChI is InChI=1S/C10H18N4S/c1-6-3-7(2)5-8(4-6)12-10-13-9(11)14-15-10/h6-8H,3-5H2,1-2H3,(H3,11,12,13,14). The van der Waals surface area contributed by atoms with Crippen molar-refractivity contribution in [2.75, 3.05) is 11.1 Å². The van der Waals surface area contributed by atoms with Crippen molar-refractivity contribution in [3.8, 4) is 0 Å². The molecule has 1 aromatic heterocycles.